The number of nitrogens with zero attached hydrogens (tertiary/aromatic N) is 1. The highest BCUT2D eigenvalue weighted by Crippen LogP contribution is 2.39. The van der Waals surface area contributed by atoms with Gasteiger partial charge >= 0.3 is 14.2 Å². The second-order valence-electron chi connectivity index (χ2n) is 13.4. The molecule has 0 spiro atoms. The summed E-state index contributed by atoms with van der Waals surface area (Å²) in [6.45, 7) is 16.6. The molecule has 0 saturated carbocycles. The Balaban J connectivity index is 1.52. The van der Waals surface area contributed by atoms with E-state index in [4.69, 9.17) is 23.6 Å². The van der Waals surface area contributed by atoms with Crippen molar-refractivity contribution in [3.8, 4) is 33.6 Å². The Labute approximate surface area is 250 Å². The van der Waals surface area contributed by atoms with Gasteiger partial charge in [-0.2, -0.15) is 0 Å². The lowest BCUT2D eigenvalue weighted by Gasteiger charge is -2.32. The lowest BCUT2D eigenvalue weighted by Crippen LogP contribution is -2.41. The maximum atomic E-state index is 6.50. The van der Waals surface area contributed by atoms with E-state index < -0.39 is 36.6 Å². The molecule has 0 radical (unpaired) electrons. The number of pyridine rings is 1. The van der Waals surface area contributed by atoms with E-state index in [-0.39, 0.29) is 0 Å². The molecule has 0 unspecified atom stereocenters. The van der Waals surface area contributed by atoms with Crippen molar-refractivity contribution in [3.05, 3.63) is 91.0 Å². The molecule has 2 fully saturated rings. The van der Waals surface area contributed by atoms with Gasteiger partial charge in [0.25, 0.3) is 0 Å². The Hall–Kier alpha value is -3.22. The van der Waals surface area contributed by atoms with Crippen LogP contribution in [0.2, 0.25) is 0 Å². The van der Waals surface area contributed by atoms with Crippen LogP contribution in [-0.4, -0.2) is 41.6 Å². The summed E-state index contributed by atoms with van der Waals surface area (Å²) in [5.41, 5.74) is 5.93. The van der Waals surface area contributed by atoms with Crippen molar-refractivity contribution in [1.82, 2.24) is 4.98 Å². The van der Waals surface area contributed by atoms with Crippen molar-refractivity contribution in [2.45, 2.75) is 77.8 Å². The molecule has 0 bridgehead atoms. The second-order valence-corrected chi connectivity index (χ2v) is 13.4. The minimum Gasteiger partial charge on any atom is -0.399 e. The van der Waals surface area contributed by atoms with Crippen LogP contribution in [0.25, 0.3) is 33.6 Å². The zero-order valence-electron chi connectivity index (χ0n) is 25.9. The Morgan fingerprint density at radius 1 is 0.429 bits per heavy atom. The van der Waals surface area contributed by atoms with E-state index in [0.717, 1.165) is 44.6 Å². The Kier molecular flexibility index (Phi) is 7.01. The van der Waals surface area contributed by atoms with Gasteiger partial charge in [0.05, 0.1) is 33.8 Å². The minimum atomic E-state index is -0.540. The highest BCUT2D eigenvalue weighted by molar-refractivity contribution is 6.66. The maximum absolute atomic E-state index is 6.50. The summed E-state index contributed by atoms with van der Waals surface area (Å²) in [4.78, 5) is 5.19. The summed E-state index contributed by atoms with van der Waals surface area (Å²) in [7, 11) is -1.08. The van der Waals surface area contributed by atoms with Gasteiger partial charge in [0, 0.05) is 5.56 Å². The van der Waals surface area contributed by atoms with Crippen LogP contribution in [0.4, 0.5) is 0 Å². The van der Waals surface area contributed by atoms with Gasteiger partial charge in [-0.3, -0.25) is 0 Å². The van der Waals surface area contributed by atoms with E-state index >= 15 is 0 Å². The van der Waals surface area contributed by atoms with Crippen LogP contribution in [-0.2, 0) is 18.6 Å². The fourth-order valence-electron chi connectivity index (χ4n) is 5.29. The second kappa shape index (κ2) is 10.2. The molecule has 0 N–H and O–H groups in total. The predicted molar refractivity (Wildman–Crippen MR) is 172 cm³/mol. The first-order chi connectivity index (χ1) is 19.7. The topological polar surface area (TPSA) is 49.8 Å². The molecule has 42 heavy (non-hydrogen) atoms. The van der Waals surface area contributed by atoms with E-state index in [1.807, 2.05) is 24.3 Å². The van der Waals surface area contributed by atoms with Crippen LogP contribution in [0.15, 0.2) is 91.0 Å². The molecular formula is C35H39B2NO4. The number of rotatable bonds is 5. The van der Waals surface area contributed by atoms with E-state index in [0.29, 0.717) is 0 Å². The number of hydrogen-bond acceptors (Lipinski definition) is 5. The van der Waals surface area contributed by atoms with Gasteiger partial charge in [-0.05, 0) is 95.1 Å². The molecule has 1 aromatic heterocycles. The molecule has 0 aliphatic carbocycles. The van der Waals surface area contributed by atoms with Crippen molar-refractivity contribution in [3.63, 3.8) is 0 Å². The zero-order valence-corrected chi connectivity index (χ0v) is 25.9. The van der Waals surface area contributed by atoms with Crippen LogP contribution in [0, 0.1) is 0 Å². The summed E-state index contributed by atoms with van der Waals surface area (Å²) in [5.74, 6) is 0. The molecule has 0 atom stereocenters. The standard InChI is InChI=1S/C35H39B2NO4/c1-32(2)33(3,4)40-36(39-32)28-19-27(20-29(23-28)37-41-34(5,6)35(7,8)42-37)31-22-26(24-15-11-9-12-16-24)21-30(38-31)25-17-13-10-14-18-25/h9-23H,1-8H3. The van der Waals surface area contributed by atoms with Gasteiger partial charge in [-0.1, -0.05) is 78.9 Å². The molecular weight excluding hydrogens is 520 g/mol. The fourth-order valence-corrected chi connectivity index (χ4v) is 5.29. The van der Waals surface area contributed by atoms with Crippen LogP contribution in [0.1, 0.15) is 55.4 Å². The minimum absolute atomic E-state index is 0.468. The Bertz CT molecular complexity index is 1460. The van der Waals surface area contributed by atoms with Gasteiger partial charge in [0.2, 0.25) is 0 Å². The first-order valence-corrected chi connectivity index (χ1v) is 14.7. The van der Waals surface area contributed by atoms with Gasteiger partial charge < -0.3 is 18.6 Å². The molecule has 2 aliphatic rings. The van der Waals surface area contributed by atoms with Crippen LogP contribution in [0.5, 0.6) is 0 Å². The molecule has 7 heteroatoms. The SMILES string of the molecule is CC1(C)OB(c2cc(B3OC(C)(C)C(C)(C)O3)cc(-c3cc(-c4ccccc4)cc(-c4ccccc4)n3)c2)OC1(C)C. The molecule has 3 aromatic carbocycles. The normalized spacial score (nSPS) is 20.2. The molecule has 0 amide bonds. The van der Waals surface area contributed by atoms with E-state index in [2.05, 4.69) is 122 Å². The third-order valence-electron chi connectivity index (χ3n) is 9.33. The Morgan fingerprint density at radius 2 is 0.810 bits per heavy atom. The maximum Gasteiger partial charge on any atom is 0.494 e. The largest absolute Gasteiger partial charge is 0.494 e. The quantitative estimate of drug-likeness (QED) is 0.256. The van der Waals surface area contributed by atoms with E-state index in [9.17, 15) is 0 Å². The lowest BCUT2D eigenvalue weighted by atomic mass is 9.70. The molecule has 214 valence electrons. The van der Waals surface area contributed by atoms with Gasteiger partial charge in [0.1, 0.15) is 0 Å². The monoisotopic (exact) mass is 559 g/mol. The number of benzene rings is 3. The van der Waals surface area contributed by atoms with Crippen LogP contribution < -0.4 is 10.9 Å². The Morgan fingerprint density at radius 3 is 1.24 bits per heavy atom. The third-order valence-corrected chi connectivity index (χ3v) is 9.33. The smallest absolute Gasteiger partial charge is 0.399 e. The van der Waals surface area contributed by atoms with Gasteiger partial charge in [-0.15, -0.1) is 0 Å². The zero-order chi connectivity index (χ0) is 29.9. The highest BCUT2D eigenvalue weighted by atomic mass is 16.7. The predicted octanol–water partition coefficient (Wildman–Crippen LogP) is 6.68. The summed E-state index contributed by atoms with van der Waals surface area (Å²) >= 11 is 0. The number of aromatic nitrogens is 1. The van der Waals surface area contributed by atoms with Gasteiger partial charge in [0.15, 0.2) is 0 Å². The first-order valence-electron chi connectivity index (χ1n) is 14.7. The average molecular weight is 559 g/mol. The van der Waals surface area contributed by atoms with Crippen molar-refractivity contribution in [1.29, 1.82) is 0 Å². The van der Waals surface area contributed by atoms with Gasteiger partial charge in [-0.25, -0.2) is 4.98 Å². The van der Waals surface area contributed by atoms with Crippen molar-refractivity contribution >= 4 is 25.2 Å². The molecule has 2 aliphatic heterocycles. The van der Waals surface area contributed by atoms with Crippen LogP contribution in [0.3, 0.4) is 0 Å². The molecule has 2 saturated heterocycles. The molecule has 6 rings (SSSR count). The highest BCUT2D eigenvalue weighted by Gasteiger charge is 2.54. The molecule has 5 nitrogen and oxygen atoms in total. The summed E-state index contributed by atoms with van der Waals surface area (Å²) in [6.07, 6.45) is 0. The molecule has 3 heterocycles. The fraction of sp³-hybridized carbons (Fsp3) is 0.343. The summed E-state index contributed by atoms with van der Waals surface area (Å²) in [6, 6.07) is 31.4. The van der Waals surface area contributed by atoms with Crippen molar-refractivity contribution in [2.75, 3.05) is 0 Å². The third kappa shape index (κ3) is 5.24. The van der Waals surface area contributed by atoms with Crippen molar-refractivity contribution < 1.29 is 18.6 Å². The van der Waals surface area contributed by atoms with E-state index in [1.165, 1.54) is 0 Å². The lowest BCUT2D eigenvalue weighted by molar-refractivity contribution is 0.00578. The van der Waals surface area contributed by atoms with Crippen molar-refractivity contribution in [2.24, 2.45) is 0 Å². The van der Waals surface area contributed by atoms with E-state index in [1.54, 1.807) is 0 Å². The average Bonchev–Trinajstić information content (AvgIpc) is 3.33. The van der Waals surface area contributed by atoms with Crippen LogP contribution >= 0.6 is 0 Å². The number of hydrogen-bond donors (Lipinski definition) is 0. The molecule has 4 aromatic rings. The first kappa shape index (κ1) is 28.9. The summed E-state index contributed by atoms with van der Waals surface area (Å²) in [5, 5.41) is 0. The summed E-state index contributed by atoms with van der Waals surface area (Å²) < 4.78 is 26.0.